The van der Waals surface area contributed by atoms with E-state index in [9.17, 15) is 4.79 Å². The highest BCUT2D eigenvalue weighted by Gasteiger charge is 2.26. The van der Waals surface area contributed by atoms with Crippen molar-refractivity contribution in [2.24, 2.45) is 0 Å². The molecular weight excluding hydrogens is 309 g/mol. The molecule has 1 amide bonds. The Balaban J connectivity index is 2.14. The number of nitrogens with one attached hydrogen (secondary N) is 1. The van der Waals surface area contributed by atoms with Crippen molar-refractivity contribution < 1.29 is 9.53 Å². The average molecular weight is 330 g/mol. The minimum Gasteiger partial charge on any atom is -0.376 e. The van der Waals surface area contributed by atoms with Gasteiger partial charge in [-0.3, -0.25) is 4.79 Å². The van der Waals surface area contributed by atoms with Gasteiger partial charge in [0.15, 0.2) is 0 Å². The first-order chi connectivity index (χ1) is 10.1. The third kappa shape index (κ3) is 4.60. The number of carbonyl (C=O) groups excluding carboxylic acids is 1. The van der Waals surface area contributed by atoms with Crippen molar-refractivity contribution in [3.63, 3.8) is 0 Å². The molecule has 0 aromatic heterocycles. The van der Waals surface area contributed by atoms with Crippen molar-refractivity contribution in [3.8, 4) is 0 Å². The van der Waals surface area contributed by atoms with Crippen LogP contribution in [0.5, 0.6) is 0 Å². The molecule has 5 heteroatoms. The van der Waals surface area contributed by atoms with Gasteiger partial charge in [0.1, 0.15) is 0 Å². The Hall–Kier alpha value is -0.770. The van der Waals surface area contributed by atoms with Crippen LogP contribution in [0.25, 0.3) is 0 Å². The first-order valence-corrected chi connectivity index (χ1v) is 8.20. The van der Waals surface area contributed by atoms with Crippen molar-refractivity contribution >= 4 is 29.1 Å². The van der Waals surface area contributed by atoms with Crippen LogP contribution in [0.4, 0.5) is 0 Å². The molecule has 2 atom stereocenters. The Morgan fingerprint density at radius 3 is 2.86 bits per heavy atom. The monoisotopic (exact) mass is 329 g/mol. The minimum atomic E-state index is -0.0137. The molecule has 0 bridgehead atoms. The standard InChI is InChI=1S/C16H21Cl2NO2/c1-2-16(20)19-10-15-12(5-3-4-8-21-15)11-6-7-13(17)14(18)9-11/h6-7,9,12,15H,2-5,8,10H2,1H3,(H,19,20)/t12-,15+/m0/s1. The van der Waals surface area contributed by atoms with Crippen LogP contribution in [-0.2, 0) is 9.53 Å². The number of ether oxygens (including phenoxy) is 1. The highest BCUT2D eigenvalue weighted by molar-refractivity contribution is 6.42. The van der Waals surface area contributed by atoms with Crippen LogP contribution in [0, 0.1) is 0 Å². The van der Waals surface area contributed by atoms with Crippen molar-refractivity contribution in [1.29, 1.82) is 0 Å². The zero-order valence-corrected chi connectivity index (χ0v) is 13.7. The van der Waals surface area contributed by atoms with E-state index in [2.05, 4.69) is 5.32 Å². The highest BCUT2D eigenvalue weighted by atomic mass is 35.5. The van der Waals surface area contributed by atoms with Crippen LogP contribution < -0.4 is 5.32 Å². The quantitative estimate of drug-likeness (QED) is 0.900. The molecule has 1 saturated heterocycles. The molecule has 1 aromatic rings. The first kappa shape index (κ1) is 16.6. The van der Waals surface area contributed by atoms with Gasteiger partial charge in [-0.05, 0) is 30.5 Å². The molecule has 1 N–H and O–H groups in total. The summed E-state index contributed by atoms with van der Waals surface area (Å²) in [5.41, 5.74) is 1.13. The number of hydrogen-bond donors (Lipinski definition) is 1. The van der Waals surface area contributed by atoms with E-state index < -0.39 is 0 Å². The summed E-state index contributed by atoms with van der Waals surface area (Å²) in [6.07, 6.45) is 3.67. The van der Waals surface area contributed by atoms with Gasteiger partial charge in [-0.25, -0.2) is 0 Å². The summed E-state index contributed by atoms with van der Waals surface area (Å²) in [6, 6.07) is 5.74. The van der Waals surface area contributed by atoms with E-state index in [4.69, 9.17) is 27.9 Å². The Kier molecular flexibility index (Phi) is 6.34. The molecular formula is C16H21Cl2NO2. The van der Waals surface area contributed by atoms with E-state index in [0.29, 0.717) is 23.0 Å². The Bertz CT molecular complexity index is 493. The number of carbonyl (C=O) groups is 1. The van der Waals surface area contributed by atoms with E-state index in [-0.39, 0.29) is 17.9 Å². The third-order valence-electron chi connectivity index (χ3n) is 3.88. The average Bonchev–Trinajstić information content (AvgIpc) is 2.73. The number of benzene rings is 1. The van der Waals surface area contributed by atoms with Crippen molar-refractivity contribution in [2.75, 3.05) is 13.2 Å². The van der Waals surface area contributed by atoms with Gasteiger partial charge in [-0.1, -0.05) is 42.6 Å². The molecule has 21 heavy (non-hydrogen) atoms. The van der Waals surface area contributed by atoms with E-state index >= 15 is 0 Å². The van der Waals surface area contributed by atoms with Crippen molar-refractivity contribution in [3.05, 3.63) is 33.8 Å². The van der Waals surface area contributed by atoms with E-state index in [0.717, 1.165) is 31.4 Å². The van der Waals surface area contributed by atoms with Crippen molar-refractivity contribution in [2.45, 2.75) is 44.6 Å². The second-order valence-electron chi connectivity index (χ2n) is 5.34. The normalized spacial score (nSPS) is 22.6. The zero-order valence-electron chi connectivity index (χ0n) is 12.2. The van der Waals surface area contributed by atoms with Gasteiger partial charge in [-0.15, -0.1) is 0 Å². The smallest absolute Gasteiger partial charge is 0.219 e. The number of amides is 1. The van der Waals surface area contributed by atoms with Gasteiger partial charge in [-0.2, -0.15) is 0 Å². The lowest BCUT2D eigenvalue weighted by molar-refractivity contribution is -0.121. The van der Waals surface area contributed by atoms with Gasteiger partial charge in [0.05, 0.1) is 16.1 Å². The predicted molar refractivity (Wildman–Crippen MR) is 86.1 cm³/mol. The summed E-state index contributed by atoms with van der Waals surface area (Å²) in [5.74, 6) is 0.287. The van der Waals surface area contributed by atoms with E-state index in [1.165, 1.54) is 0 Å². The van der Waals surface area contributed by atoms with Gasteiger partial charge >= 0.3 is 0 Å². The summed E-state index contributed by atoms with van der Waals surface area (Å²) in [4.78, 5) is 11.5. The van der Waals surface area contributed by atoms with E-state index in [1.54, 1.807) is 0 Å². The van der Waals surface area contributed by atoms with Gasteiger partial charge < -0.3 is 10.1 Å². The fraction of sp³-hybridized carbons (Fsp3) is 0.562. The van der Waals surface area contributed by atoms with Crippen molar-refractivity contribution in [1.82, 2.24) is 5.32 Å². The number of rotatable bonds is 4. The van der Waals surface area contributed by atoms with Gasteiger partial charge in [0.2, 0.25) is 5.91 Å². The van der Waals surface area contributed by atoms with Crippen LogP contribution in [0.15, 0.2) is 18.2 Å². The molecule has 0 spiro atoms. The molecule has 0 radical (unpaired) electrons. The molecule has 1 aliphatic heterocycles. The largest absolute Gasteiger partial charge is 0.376 e. The van der Waals surface area contributed by atoms with E-state index in [1.807, 2.05) is 25.1 Å². The third-order valence-corrected chi connectivity index (χ3v) is 4.62. The summed E-state index contributed by atoms with van der Waals surface area (Å²) in [7, 11) is 0. The summed E-state index contributed by atoms with van der Waals surface area (Å²) < 4.78 is 5.94. The first-order valence-electron chi connectivity index (χ1n) is 7.45. The molecule has 1 fully saturated rings. The predicted octanol–water partition coefficient (Wildman–Crippen LogP) is 4.17. The highest BCUT2D eigenvalue weighted by Crippen LogP contribution is 2.33. The Labute approximate surface area is 136 Å². The summed E-state index contributed by atoms with van der Waals surface area (Å²) in [5, 5.41) is 4.06. The fourth-order valence-electron chi connectivity index (χ4n) is 2.67. The van der Waals surface area contributed by atoms with Gasteiger partial charge in [0.25, 0.3) is 0 Å². The zero-order chi connectivity index (χ0) is 15.2. The number of hydrogen-bond acceptors (Lipinski definition) is 2. The lowest BCUT2D eigenvalue weighted by Gasteiger charge is -2.26. The maximum atomic E-state index is 11.5. The molecule has 1 heterocycles. The molecule has 1 aromatic carbocycles. The lowest BCUT2D eigenvalue weighted by atomic mass is 9.89. The van der Waals surface area contributed by atoms with Crippen LogP contribution in [0.1, 0.15) is 44.1 Å². The fourth-order valence-corrected chi connectivity index (χ4v) is 2.97. The SMILES string of the molecule is CCC(=O)NC[C@H]1OCCCC[C@H]1c1ccc(Cl)c(Cl)c1. The summed E-state index contributed by atoms with van der Waals surface area (Å²) in [6.45, 7) is 3.13. The summed E-state index contributed by atoms with van der Waals surface area (Å²) >= 11 is 12.1. The molecule has 3 nitrogen and oxygen atoms in total. The topological polar surface area (TPSA) is 38.3 Å². The number of halogens is 2. The molecule has 0 saturated carbocycles. The Morgan fingerprint density at radius 1 is 1.33 bits per heavy atom. The van der Waals surface area contributed by atoms with Gasteiger partial charge in [0, 0.05) is 25.5 Å². The molecule has 0 aliphatic carbocycles. The Morgan fingerprint density at radius 2 is 2.14 bits per heavy atom. The van der Waals surface area contributed by atoms with Crippen LogP contribution in [-0.4, -0.2) is 25.2 Å². The maximum absolute atomic E-state index is 11.5. The molecule has 2 rings (SSSR count). The minimum absolute atomic E-state index is 0.0137. The lowest BCUT2D eigenvalue weighted by Crippen LogP contribution is -2.36. The molecule has 116 valence electrons. The van der Waals surface area contributed by atoms with Crippen LogP contribution in [0.2, 0.25) is 10.0 Å². The van der Waals surface area contributed by atoms with Crippen LogP contribution >= 0.6 is 23.2 Å². The molecule has 0 unspecified atom stereocenters. The molecule has 1 aliphatic rings. The maximum Gasteiger partial charge on any atom is 0.219 e. The van der Waals surface area contributed by atoms with Crippen LogP contribution in [0.3, 0.4) is 0 Å². The second kappa shape index (κ2) is 8.02. The second-order valence-corrected chi connectivity index (χ2v) is 6.16.